The van der Waals surface area contributed by atoms with Gasteiger partial charge in [0.1, 0.15) is 5.82 Å². The molecule has 0 spiro atoms. The molecule has 0 atom stereocenters. The average Bonchev–Trinajstić information content (AvgIpc) is 3.04. The summed E-state index contributed by atoms with van der Waals surface area (Å²) in [6.07, 6.45) is 0.665. The standard InChI is InChI=1S/C20H20N4O2S/c1-26-12-11-24-17-9-5-4-8-16(17)22-20(24)27-13-10-18-21-15-7-3-2-6-14(15)19(25)23-18/h2-9H,10-13H2,1H3,(H,21,23,25). The van der Waals surface area contributed by atoms with Gasteiger partial charge in [0.05, 0.1) is 28.5 Å². The molecule has 138 valence electrons. The predicted molar refractivity (Wildman–Crippen MR) is 108 cm³/mol. The van der Waals surface area contributed by atoms with E-state index in [-0.39, 0.29) is 5.56 Å². The van der Waals surface area contributed by atoms with Crippen molar-refractivity contribution in [2.75, 3.05) is 19.5 Å². The number of H-pyrrole nitrogens is 1. The lowest BCUT2D eigenvalue weighted by Gasteiger charge is -2.08. The van der Waals surface area contributed by atoms with Crippen LogP contribution in [-0.2, 0) is 17.7 Å². The van der Waals surface area contributed by atoms with Gasteiger partial charge in [0, 0.05) is 25.8 Å². The lowest BCUT2D eigenvalue weighted by Crippen LogP contribution is -2.12. The zero-order valence-electron chi connectivity index (χ0n) is 15.0. The number of nitrogens with one attached hydrogen (secondary N) is 1. The highest BCUT2D eigenvalue weighted by Crippen LogP contribution is 2.24. The molecule has 0 amide bonds. The number of hydrogen-bond donors (Lipinski definition) is 1. The molecule has 1 N–H and O–H groups in total. The molecule has 27 heavy (non-hydrogen) atoms. The van der Waals surface area contributed by atoms with Crippen molar-refractivity contribution in [2.24, 2.45) is 0 Å². The maximum absolute atomic E-state index is 12.2. The quantitative estimate of drug-likeness (QED) is 0.498. The van der Waals surface area contributed by atoms with Gasteiger partial charge in [-0.2, -0.15) is 0 Å². The summed E-state index contributed by atoms with van der Waals surface area (Å²) in [5, 5.41) is 1.58. The lowest BCUT2D eigenvalue weighted by atomic mass is 10.2. The van der Waals surface area contributed by atoms with E-state index in [0.29, 0.717) is 24.2 Å². The second-order valence-corrected chi connectivity index (χ2v) is 7.22. The molecule has 0 radical (unpaired) electrons. The fraction of sp³-hybridized carbons (Fsp3) is 0.250. The third kappa shape index (κ3) is 3.74. The van der Waals surface area contributed by atoms with Crippen molar-refractivity contribution in [1.29, 1.82) is 0 Å². The number of imidazole rings is 1. The second kappa shape index (κ2) is 7.94. The Labute approximate surface area is 160 Å². The first-order chi connectivity index (χ1) is 13.3. The molecule has 0 aliphatic rings. The summed E-state index contributed by atoms with van der Waals surface area (Å²) in [4.78, 5) is 24.4. The van der Waals surface area contributed by atoms with Crippen LogP contribution in [0.25, 0.3) is 21.9 Å². The van der Waals surface area contributed by atoms with Crippen molar-refractivity contribution in [3.05, 3.63) is 64.7 Å². The maximum atomic E-state index is 12.2. The Morgan fingerprint density at radius 1 is 1.07 bits per heavy atom. The van der Waals surface area contributed by atoms with Crippen LogP contribution in [0.1, 0.15) is 5.82 Å². The van der Waals surface area contributed by atoms with Crippen molar-refractivity contribution >= 4 is 33.7 Å². The number of aromatic nitrogens is 4. The van der Waals surface area contributed by atoms with Gasteiger partial charge in [-0.1, -0.05) is 36.0 Å². The molecule has 0 aliphatic heterocycles. The number of para-hydroxylation sites is 3. The molecule has 0 saturated carbocycles. The molecule has 0 unspecified atom stereocenters. The number of fused-ring (bicyclic) bond motifs is 2. The highest BCUT2D eigenvalue weighted by Gasteiger charge is 2.11. The monoisotopic (exact) mass is 380 g/mol. The van der Waals surface area contributed by atoms with Gasteiger partial charge >= 0.3 is 0 Å². The summed E-state index contributed by atoms with van der Waals surface area (Å²) in [7, 11) is 1.70. The van der Waals surface area contributed by atoms with E-state index in [9.17, 15) is 4.79 Å². The number of rotatable bonds is 7. The first-order valence-corrected chi connectivity index (χ1v) is 9.80. The van der Waals surface area contributed by atoms with Crippen LogP contribution in [0.5, 0.6) is 0 Å². The van der Waals surface area contributed by atoms with Gasteiger partial charge in [0.15, 0.2) is 5.16 Å². The van der Waals surface area contributed by atoms with Crippen LogP contribution in [0.3, 0.4) is 0 Å². The third-order valence-electron chi connectivity index (χ3n) is 4.37. The number of hydrogen-bond acceptors (Lipinski definition) is 5. The number of aryl methyl sites for hydroxylation is 1. The van der Waals surface area contributed by atoms with Gasteiger partial charge in [-0.3, -0.25) is 4.79 Å². The molecule has 0 bridgehead atoms. The number of nitrogens with zero attached hydrogens (tertiary/aromatic N) is 3. The van der Waals surface area contributed by atoms with E-state index in [1.165, 1.54) is 0 Å². The van der Waals surface area contributed by atoms with Gasteiger partial charge in [-0.15, -0.1) is 0 Å². The number of benzene rings is 2. The highest BCUT2D eigenvalue weighted by molar-refractivity contribution is 7.99. The van der Waals surface area contributed by atoms with Crippen LogP contribution in [0, 0.1) is 0 Å². The first-order valence-electron chi connectivity index (χ1n) is 8.81. The summed E-state index contributed by atoms with van der Waals surface area (Å²) in [6.45, 7) is 1.39. The molecule has 0 fully saturated rings. The Morgan fingerprint density at radius 2 is 1.85 bits per heavy atom. The predicted octanol–water partition coefficient (Wildman–Crippen LogP) is 3.25. The smallest absolute Gasteiger partial charge is 0.258 e. The number of methoxy groups -OCH3 is 1. The third-order valence-corrected chi connectivity index (χ3v) is 5.35. The molecular weight excluding hydrogens is 360 g/mol. The minimum atomic E-state index is -0.0899. The van der Waals surface area contributed by atoms with Gasteiger partial charge in [-0.25, -0.2) is 9.97 Å². The zero-order chi connectivity index (χ0) is 18.6. The van der Waals surface area contributed by atoms with Crippen LogP contribution in [-0.4, -0.2) is 39.0 Å². The largest absolute Gasteiger partial charge is 0.383 e. The van der Waals surface area contributed by atoms with E-state index in [2.05, 4.69) is 20.6 Å². The fourth-order valence-electron chi connectivity index (χ4n) is 3.05. The minimum Gasteiger partial charge on any atom is -0.383 e. The van der Waals surface area contributed by atoms with Gasteiger partial charge in [0.25, 0.3) is 5.56 Å². The van der Waals surface area contributed by atoms with E-state index in [1.54, 1.807) is 24.9 Å². The van der Waals surface area contributed by atoms with Crippen molar-refractivity contribution in [2.45, 2.75) is 18.1 Å². The normalized spacial score (nSPS) is 11.4. The van der Waals surface area contributed by atoms with Crippen LogP contribution >= 0.6 is 11.8 Å². The van der Waals surface area contributed by atoms with E-state index >= 15 is 0 Å². The zero-order valence-corrected chi connectivity index (χ0v) is 15.8. The van der Waals surface area contributed by atoms with E-state index in [0.717, 1.165) is 34.0 Å². The Morgan fingerprint density at radius 3 is 2.70 bits per heavy atom. The molecule has 4 aromatic rings. The average molecular weight is 380 g/mol. The van der Waals surface area contributed by atoms with Crippen molar-refractivity contribution in [3.8, 4) is 0 Å². The maximum Gasteiger partial charge on any atom is 0.258 e. The van der Waals surface area contributed by atoms with Crippen LogP contribution in [0.2, 0.25) is 0 Å². The van der Waals surface area contributed by atoms with E-state index < -0.39 is 0 Å². The molecule has 2 heterocycles. The molecule has 2 aromatic heterocycles. The fourth-order valence-corrected chi connectivity index (χ4v) is 4.04. The first kappa shape index (κ1) is 17.8. The number of thioether (sulfide) groups is 1. The topological polar surface area (TPSA) is 72.8 Å². The Bertz CT molecular complexity index is 1140. The molecular formula is C20H20N4O2S. The molecule has 2 aromatic carbocycles. The summed E-state index contributed by atoms with van der Waals surface area (Å²) < 4.78 is 7.42. The Hall–Kier alpha value is -2.64. The summed E-state index contributed by atoms with van der Waals surface area (Å²) in [5.74, 6) is 1.48. The van der Waals surface area contributed by atoms with Gasteiger partial charge in [-0.05, 0) is 24.3 Å². The summed E-state index contributed by atoms with van der Waals surface area (Å²) >= 11 is 1.66. The minimum absolute atomic E-state index is 0.0899. The molecule has 0 saturated heterocycles. The van der Waals surface area contributed by atoms with E-state index in [4.69, 9.17) is 9.72 Å². The van der Waals surface area contributed by atoms with E-state index in [1.807, 2.05) is 36.4 Å². The molecule has 0 aliphatic carbocycles. The van der Waals surface area contributed by atoms with Crippen molar-refractivity contribution < 1.29 is 4.74 Å². The van der Waals surface area contributed by atoms with Gasteiger partial charge < -0.3 is 14.3 Å². The summed E-state index contributed by atoms with van der Waals surface area (Å²) in [6, 6.07) is 15.5. The van der Waals surface area contributed by atoms with Crippen LogP contribution in [0.15, 0.2) is 58.5 Å². The van der Waals surface area contributed by atoms with Crippen LogP contribution < -0.4 is 5.56 Å². The molecule has 4 rings (SSSR count). The Kier molecular flexibility index (Phi) is 5.22. The SMILES string of the molecule is COCCn1c(SCCc2nc3ccccc3c(=O)[nH]2)nc2ccccc21. The summed E-state index contributed by atoms with van der Waals surface area (Å²) in [5.41, 5.74) is 2.73. The Balaban J connectivity index is 1.53. The van der Waals surface area contributed by atoms with Crippen molar-refractivity contribution in [3.63, 3.8) is 0 Å². The number of aromatic amines is 1. The lowest BCUT2D eigenvalue weighted by molar-refractivity contribution is 0.186. The van der Waals surface area contributed by atoms with Crippen molar-refractivity contribution in [1.82, 2.24) is 19.5 Å². The van der Waals surface area contributed by atoms with Gasteiger partial charge in [0.2, 0.25) is 0 Å². The number of ether oxygens (including phenoxy) is 1. The second-order valence-electron chi connectivity index (χ2n) is 6.16. The molecule has 7 heteroatoms. The van der Waals surface area contributed by atoms with Crippen LogP contribution in [0.4, 0.5) is 0 Å². The highest BCUT2D eigenvalue weighted by atomic mass is 32.2. The molecule has 6 nitrogen and oxygen atoms in total.